The molecule has 0 radical (unpaired) electrons. The molecule has 0 aliphatic carbocycles. The molecule has 0 fully saturated rings. The third kappa shape index (κ3) is 3.60. The first-order valence-corrected chi connectivity index (χ1v) is 9.99. The van der Waals surface area contributed by atoms with E-state index in [9.17, 15) is 10.2 Å². The Morgan fingerprint density at radius 1 is 0.767 bits per heavy atom. The monoisotopic (exact) mass is 392 g/mol. The lowest BCUT2D eigenvalue weighted by Crippen LogP contribution is -2.01. The SMILES string of the molecule is C=Cc1c(O)cc(-c2ccccc2)c(-c2ccccc2)c1Cc1cccc(O)c1C. The van der Waals surface area contributed by atoms with Gasteiger partial charge in [-0.3, -0.25) is 0 Å². The van der Waals surface area contributed by atoms with Crippen LogP contribution in [0.1, 0.15) is 22.3 Å². The Kier molecular flexibility index (Phi) is 5.40. The van der Waals surface area contributed by atoms with Gasteiger partial charge in [-0.05, 0) is 64.4 Å². The second-order valence-electron chi connectivity index (χ2n) is 7.38. The van der Waals surface area contributed by atoms with E-state index in [2.05, 4.69) is 30.8 Å². The normalized spacial score (nSPS) is 10.7. The fourth-order valence-electron chi connectivity index (χ4n) is 3.98. The third-order valence-electron chi connectivity index (χ3n) is 5.59. The van der Waals surface area contributed by atoms with Gasteiger partial charge in [-0.2, -0.15) is 0 Å². The van der Waals surface area contributed by atoms with Gasteiger partial charge in [-0.15, -0.1) is 0 Å². The highest BCUT2D eigenvalue weighted by molar-refractivity contribution is 5.90. The van der Waals surface area contributed by atoms with Gasteiger partial charge in [0.05, 0.1) is 0 Å². The van der Waals surface area contributed by atoms with Crippen molar-refractivity contribution in [3.63, 3.8) is 0 Å². The van der Waals surface area contributed by atoms with Crippen LogP contribution in [-0.4, -0.2) is 10.2 Å². The van der Waals surface area contributed by atoms with Crippen LogP contribution in [0.25, 0.3) is 28.3 Å². The summed E-state index contributed by atoms with van der Waals surface area (Å²) in [5, 5.41) is 21.1. The molecule has 0 spiro atoms. The molecule has 4 rings (SSSR count). The standard InChI is InChI=1S/C28H24O2/c1-3-23-25(17-22-15-10-16-26(29)19(22)2)28(21-13-8-5-9-14-21)24(18-27(23)30)20-11-6-4-7-12-20/h3-16,18,29-30H,1,17H2,2H3. The van der Waals surface area contributed by atoms with E-state index in [0.29, 0.717) is 6.42 Å². The summed E-state index contributed by atoms with van der Waals surface area (Å²) in [4.78, 5) is 0. The van der Waals surface area contributed by atoms with Crippen molar-refractivity contribution >= 4 is 6.08 Å². The first-order chi connectivity index (χ1) is 14.6. The van der Waals surface area contributed by atoms with Crippen LogP contribution in [0.5, 0.6) is 11.5 Å². The molecule has 0 aliphatic heterocycles. The third-order valence-corrected chi connectivity index (χ3v) is 5.59. The van der Waals surface area contributed by atoms with Gasteiger partial charge in [0, 0.05) is 5.56 Å². The van der Waals surface area contributed by atoms with Gasteiger partial charge in [0.25, 0.3) is 0 Å². The van der Waals surface area contributed by atoms with Crippen LogP contribution in [0.4, 0.5) is 0 Å². The van der Waals surface area contributed by atoms with E-state index in [1.54, 1.807) is 12.1 Å². The van der Waals surface area contributed by atoms with Crippen molar-refractivity contribution in [3.8, 4) is 33.8 Å². The molecule has 148 valence electrons. The van der Waals surface area contributed by atoms with Crippen LogP contribution >= 0.6 is 0 Å². The highest BCUT2D eigenvalue weighted by atomic mass is 16.3. The molecule has 2 heteroatoms. The van der Waals surface area contributed by atoms with E-state index in [-0.39, 0.29) is 11.5 Å². The zero-order chi connectivity index (χ0) is 21.1. The van der Waals surface area contributed by atoms with Gasteiger partial charge in [0.2, 0.25) is 0 Å². The first kappa shape index (κ1) is 19.5. The average molecular weight is 392 g/mol. The van der Waals surface area contributed by atoms with Crippen LogP contribution in [0.2, 0.25) is 0 Å². The van der Waals surface area contributed by atoms with Crippen LogP contribution in [-0.2, 0) is 6.42 Å². The summed E-state index contributed by atoms with van der Waals surface area (Å²) in [6.45, 7) is 5.88. The van der Waals surface area contributed by atoms with Gasteiger partial charge < -0.3 is 10.2 Å². The largest absolute Gasteiger partial charge is 0.508 e. The van der Waals surface area contributed by atoms with Crippen LogP contribution in [0.3, 0.4) is 0 Å². The van der Waals surface area contributed by atoms with E-state index < -0.39 is 0 Å². The van der Waals surface area contributed by atoms with E-state index in [0.717, 1.165) is 44.5 Å². The average Bonchev–Trinajstić information content (AvgIpc) is 2.78. The zero-order valence-electron chi connectivity index (χ0n) is 17.0. The Morgan fingerprint density at radius 2 is 1.40 bits per heavy atom. The van der Waals surface area contributed by atoms with Gasteiger partial charge in [-0.1, -0.05) is 85.5 Å². The minimum Gasteiger partial charge on any atom is -0.508 e. The highest BCUT2D eigenvalue weighted by Gasteiger charge is 2.20. The molecule has 0 saturated heterocycles. The van der Waals surface area contributed by atoms with Crippen LogP contribution in [0, 0.1) is 6.92 Å². The summed E-state index contributed by atoms with van der Waals surface area (Å²) >= 11 is 0. The molecule has 0 atom stereocenters. The van der Waals surface area contributed by atoms with Crippen LogP contribution < -0.4 is 0 Å². The molecule has 0 bridgehead atoms. The van der Waals surface area contributed by atoms with Gasteiger partial charge >= 0.3 is 0 Å². The Labute approximate surface area is 177 Å². The van der Waals surface area contributed by atoms with Gasteiger partial charge in [0.15, 0.2) is 0 Å². The Morgan fingerprint density at radius 3 is 2.03 bits per heavy atom. The summed E-state index contributed by atoms with van der Waals surface area (Å²) in [5.74, 6) is 0.480. The minimum atomic E-state index is 0.205. The second-order valence-corrected chi connectivity index (χ2v) is 7.38. The van der Waals surface area contributed by atoms with E-state index in [4.69, 9.17) is 0 Å². The van der Waals surface area contributed by atoms with Gasteiger partial charge in [-0.25, -0.2) is 0 Å². The lowest BCUT2D eigenvalue weighted by molar-refractivity contribution is 0.470. The second kappa shape index (κ2) is 8.30. The smallest absolute Gasteiger partial charge is 0.123 e. The predicted molar refractivity (Wildman–Crippen MR) is 125 cm³/mol. The van der Waals surface area contributed by atoms with Crippen molar-refractivity contribution < 1.29 is 10.2 Å². The molecule has 2 nitrogen and oxygen atoms in total. The van der Waals surface area contributed by atoms with Crippen LogP contribution in [0.15, 0.2) is 91.5 Å². The van der Waals surface area contributed by atoms with Crippen molar-refractivity contribution in [1.29, 1.82) is 0 Å². The Balaban J connectivity index is 2.05. The molecule has 0 heterocycles. The number of phenols is 2. The maximum absolute atomic E-state index is 10.9. The fourth-order valence-corrected chi connectivity index (χ4v) is 3.98. The first-order valence-electron chi connectivity index (χ1n) is 9.99. The van der Waals surface area contributed by atoms with E-state index in [1.807, 2.05) is 61.5 Å². The molecular weight excluding hydrogens is 368 g/mol. The maximum Gasteiger partial charge on any atom is 0.123 e. The van der Waals surface area contributed by atoms with Crippen molar-refractivity contribution in [2.45, 2.75) is 13.3 Å². The number of benzene rings is 4. The summed E-state index contributed by atoms with van der Waals surface area (Å²) < 4.78 is 0. The highest BCUT2D eigenvalue weighted by Crippen LogP contribution is 2.42. The van der Waals surface area contributed by atoms with Gasteiger partial charge in [0.1, 0.15) is 11.5 Å². The molecule has 2 N–H and O–H groups in total. The Hall–Kier alpha value is -3.78. The lowest BCUT2D eigenvalue weighted by Gasteiger charge is -2.21. The Bertz CT molecular complexity index is 1190. The summed E-state index contributed by atoms with van der Waals surface area (Å²) in [6, 6.07) is 27.7. The molecule has 0 amide bonds. The number of aromatic hydroxyl groups is 2. The quantitative estimate of drug-likeness (QED) is 0.385. The van der Waals surface area contributed by atoms with E-state index >= 15 is 0 Å². The fraction of sp³-hybridized carbons (Fsp3) is 0.0714. The van der Waals surface area contributed by atoms with E-state index in [1.165, 1.54) is 0 Å². The van der Waals surface area contributed by atoms with Crippen molar-refractivity contribution in [1.82, 2.24) is 0 Å². The summed E-state index contributed by atoms with van der Waals surface area (Å²) in [7, 11) is 0. The summed E-state index contributed by atoms with van der Waals surface area (Å²) in [6.07, 6.45) is 2.28. The molecule has 0 unspecified atom stereocenters. The zero-order valence-corrected chi connectivity index (χ0v) is 17.0. The van der Waals surface area contributed by atoms with Crippen molar-refractivity contribution in [3.05, 3.63) is 114 Å². The molecule has 0 saturated carbocycles. The summed E-state index contributed by atoms with van der Waals surface area (Å²) in [5.41, 5.74) is 7.72. The molecular formula is C28H24O2. The maximum atomic E-state index is 10.9. The molecule has 4 aromatic rings. The molecule has 0 aliphatic rings. The predicted octanol–water partition coefficient (Wildman–Crippen LogP) is 6.97. The minimum absolute atomic E-state index is 0.205. The topological polar surface area (TPSA) is 40.5 Å². The lowest BCUT2D eigenvalue weighted by atomic mass is 9.84. The molecule has 30 heavy (non-hydrogen) atoms. The number of hydrogen-bond donors (Lipinski definition) is 2. The molecule has 0 aromatic heterocycles. The number of rotatable bonds is 5. The number of hydrogen-bond acceptors (Lipinski definition) is 2. The number of phenolic OH excluding ortho intramolecular Hbond substituents is 2. The molecule has 4 aromatic carbocycles. The van der Waals surface area contributed by atoms with Crippen molar-refractivity contribution in [2.75, 3.05) is 0 Å². The van der Waals surface area contributed by atoms with Crippen molar-refractivity contribution in [2.24, 2.45) is 0 Å².